The van der Waals surface area contributed by atoms with E-state index in [0.29, 0.717) is 19.0 Å². The molecule has 1 aromatic rings. The summed E-state index contributed by atoms with van der Waals surface area (Å²) < 4.78 is 0. The van der Waals surface area contributed by atoms with Crippen molar-refractivity contribution in [2.75, 3.05) is 13.2 Å². The Morgan fingerprint density at radius 2 is 2.17 bits per heavy atom. The van der Waals surface area contributed by atoms with Crippen molar-refractivity contribution in [3.8, 4) is 0 Å². The predicted molar refractivity (Wildman–Crippen MR) is 70.3 cm³/mol. The quantitative estimate of drug-likeness (QED) is 0.596. The van der Waals surface area contributed by atoms with Crippen LogP contribution in [0.2, 0.25) is 0 Å². The first-order valence-corrected chi connectivity index (χ1v) is 6.13. The molecule has 1 rings (SSSR count). The van der Waals surface area contributed by atoms with Gasteiger partial charge in [0.05, 0.1) is 4.92 Å². The molecule has 0 saturated carbocycles. The van der Waals surface area contributed by atoms with E-state index in [9.17, 15) is 10.1 Å². The number of non-ortho nitro benzene ring substituents is 1. The van der Waals surface area contributed by atoms with Gasteiger partial charge < -0.3 is 5.11 Å². The average Bonchev–Trinajstić information content (AvgIpc) is 2.34. The standard InChI is InChI=1S/C13H20N2O3/c1-11(2)14(7-4-8-16)10-12-5-3-6-13(9-12)15(17)18/h3,5-6,9,11,16H,4,7-8,10H2,1-2H3. The van der Waals surface area contributed by atoms with Gasteiger partial charge in [-0.25, -0.2) is 0 Å². The first-order valence-electron chi connectivity index (χ1n) is 6.13. The highest BCUT2D eigenvalue weighted by atomic mass is 16.6. The number of aliphatic hydroxyl groups is 1. The van der Waals surface area contributed by atoms with Gasteiger partial charge in [0.2, 0.25) is 0 Å². The Morgan fingerprint density at radius 3 is 2.72 bits per heavy atom. The number of hydrogen-bond donors (Lipinski definition) is 1. The summed E-state index contributed by atoms with van der Waals surface area (Å²) in [6, 6.07) is 7.04. The Kier molecular flexibility index (Phi) is 5.74. The van der Waals surface area contributed by atoms with Crippen LogP contribution in [-0.2, 0) is 6.54 Å². The Bertz CT molecular complexity index is 394. The lowest BCUT2D eigenvalue weighted by atomic mass is 10.1. The Hall–Kier alpha value is -1.46. The van der Waals surface area contributed by atoms with Gasteiger partial charge in [0, 0.05) is 37.9 Å². The number of nitrogens with zero attached hydrogens (tertiary/aromatic N) is 2. The second kappa shape index (κ2) is 7.08. The second-order valence-electron chi connectivity index (χ2n) is 4.57. The Labute approximate surface area is 107 Å². The molecule has 0 atom stereocenters. The highest BCUT2D eigenvalue weighted by Crippen LogP contribution is 2.16. The van der Waals surface area contributed by atoms with Crippen LogP contribution in [0.25, 0.3) is 0 Å². The van der Waals surface area contributed by atoms with Gasteiger partial charge in [-0.15, -0.1) is 0 Å². The number of benzene rings is 1. The summed E-state index contributed by atoms with van der Waals surface area (Å²) in [6.45, 7) is 5.78. The largest absolute Gasteiger partial charge is 0.396 e. The summed E-state index contributed by atoms with van der Waals surface area (Å²) >= 11 is 0. The van der Waals surface area contributed by atoms with Crippen molar-refractivity contribution in [2.24, 2.45) is 0 Å². The van der Waals surface area contributed by atoms with Crippen LogP contribution < -0.4 is 0 Å². The maximum Gasteiger partial charge on any atom is 0.269 e. The van der Waals surface area contributed by atoms with Crippen LogP contribution in [-0.4, -0.2) is 34.1 Å². The lowest BCUT2D eigenvalue weighted by molar-refractivity contribution is -0.384. The summed E-state index contributed by atoms with van der Waals surface area (Å²) in [7, 11) is 0. The minimum atomic E-state index is -0.378. The van der Waals surface area contributed by atoms with Crippen molar-refractivity contribution in [3.63, 3.8) is 0 Å². The number of nitro benzene ring substituents is 1. The zero-order valence-corrected chi connectivity index (χ0v) is 10.9. The fraction of sp³-hybridized carbons (Fsp3) is 0.538. The lowest BCUT2D eigenvalue weighted by Crippen LogP contribution is -2.31. The Balaban J connectivity index is 2.73. The second-order valence-corrected chi connectivity index (χ2v) is 4.57. The number of aliphatic hydroxyl groups excluding tert-OH is 1. The van der Waals surface area contributed by atoms with Crippen LogP contribution in [0.1, 0.15) is 25.8 Å². The van der Waals surface area contributed by atoms with Gasteiger partial charge in [-0.1, -0.05) is 12.1 Å². The molecule has 1 N–H and O–H groups in total. The van der Waals surface area contributed by atoms with Gasteiger partial charge in [-0.05, 0) is 25.8 Å². The third-order valence-electron chi connectivity index (χ3n) is 2.84. The van der Waals surface area contributed by atoms with Crippen LogP contribution in [0.15, 0.2) is 24.3 Å². The molecule has 0 unspecified atom stereocenters. The van der Waals surface area contributed by atoms with Crippen molar-refractivity contribution in [1.82, 2.24) is 4.90 Å². The van der Waals surface area contributed by atoms with E-state index in [4.69, 9.17) is 5.11 Å². The van der Waals surface area contributed by atoms with E-state index in [2.05, 4.69) is 18.7 Å². The van der Waals surface area contributed by atoms with Gasteiger partial charge in [-0.3, -0.25) is 15.0 Å². The smallest absolute Gasteiger partial charge is 0.269 e. The molecule has 0 bridgehead atoms. The molecule has 0 heterocycles. The average molecular weight is 252 g/mol. The van der Waals surface area contributed by atoms with Crippen molar-refractivity contribution >= 4 is 5.69 Å². The third kappa shape index (κ3) is 4.43. The normalized spacial score (nSPS) is 11.2. The molecule has 5 heteroatoms. The fourth-order valence-electron chi connectivity index (χ4n) is 1.80. The molecule has 0 saturated heterocycles. The van der Waals surface area contributed by atoms with Crippen molar-refractivity contribution in [3.05, 3.63) is 39.9 Å². The molecule has 0 aromatic heterocycles. The van der Waals surface area contributed by atoms with Crippen molar-refractivity contribution in [1.29, 1.82) is 0 Å². The minimum Gasteiger partial charge on any atom is -0.396 e. The van der Waals surface area contributed by atoms with E-state index < -0.39 is 0 Å². The fourth-order valence-corrected chi connectivity index (χ4v) is 1.80. The molecular weight excluding hydrogens is 232 g/mol. The highest BCUT2D eigenvalue weighted by molar-refractivity contribution is 5.34. The van der Waals surface area contributed by atoms with E-state index in [1.807, 2.05) is 6.07 Å². The SMILES string of the molecule is CC(C)N(CCCO)Cc1cccc([N+](=O)[O-])c1. The number of rotatable bonds is 7. The molecule has 0 spiro atoms. The summed E-state index contributed by atoms with van der Waals surface area (Å²) in [5, 5.41) is 19.6. The van der Waals surface area contributed by atoms with E-state index in [0.717, 1.165) is 12.1 Å². The minimum absolute atomic E-state index is 0.123. The van der Waals surface area contributed by atoms with Gasteiger partial charge in [0.1, 0.15) is 0 Å². The molecule has 0 fully saturated rings. The molecule has 0 aliphatic heterocycles. The number of hydrogen-bond acceptors (Lipinski definition) is 4. The van der Waals surface area contributed by atoms with Crippen LogP contribution >= 0.6 is 0 Å². The van der Waals surface area contributed by atoms with Crippen molar-refractivity contribution < 1.29 is 10.0 Å². The highest BCUT2D eigenvalue weighted by Gasteiger charge is 2.12. The van der Waals surface area contributed by atoms with E-state index in [1.165, 1.54) is 6.07 Å². The lowest BCUT2D eigenvalue weighted by Gasteiger charge is -2.26. The molecule has 0 aliphatic rings. The molecule has 1 aromatic carbocycles. The molecular formula is C13H20N2O3. The molecule has 100 valence electrons. The van der Waals surface area contributed by atoms with Crippen LogP contribution in [0.4, 0.5) is 5.69 Å². The molecule has 0 amide bonds. The molecule has 18 heavy (non-hydrogen) atoms. The van der Waals surface area contributed by atoms with E-state index >= 15 is 0 Å². The topological polar surface area (TPSA) is 66.6 Å². The maximum absolute atomic E-state index is 10.7. The van der Waals surface area contributed by atoms with Gasteiger partial charge >= 0.3 is 0 Å². The van der Waals surface area contributed by atoms with Crippen LogP contribution in [0.3, 0.4) is 0 Å². The molecule has 0 aliphatic carbocycles. The van der Waals surface area contributed by atoms with Crippen LogP contribution in [0.5, 0.6) is 0 Å². The predicted octanol–water partition coefficient (Wildman–Crippen LogP) is 2.19. The molecule has 0 radical (unpaired) electrons. The zero-order chi connectivity index (χ0) is 13.5. The molecule has 5 nitrogen and oxygen atoms in total. The third-order valence-corrected chi connectivity index (χ3v) is 2.84. The maximum atomic E-state index is 10.7. The first-order chi connectivity index (χ1) is 8.54. The summed E-state index contributed by atoms with van der Waals surface area (Å²) in [5.74, 6) is 0. The monoisotopic (exact) mass is 252 g/mol. The van der Waals surface area contributed by atoms with E-state index in [-0.39, 0.29) is 17.2 Å². The van der Waals surface area contributed by atoms with Gasteiger partial charge in [0.15, 0.2) is 0 Å². The van der Waals surface area contributed by atoms with Crippen LogP contribution in [0, 0.1) is 10.1 Å². The summed E-state index contributed by atoms with van der Waals surface area (Å²) in [6.07, 6.45) is 0.715. The summed E-state index contributed by atoms with van der Waals surface area (Å²) in [4.78, 5) is 12.5. The summed E-state index contributed by atoms with van der Waals surface area (Å²) in [5.41, 5.74) is 1.05. The number of nitro groups is 1. The van der Waals surface area contributed by atoms with E-state index in [1.54, 1.807) is 12.1 Å². The first kappa shape index (κ1) is 14.6. The van der Waals surface area contributed by atoms with Crippen molar-refractivity contribution in [2.45, 2.75) is 32.9 Å². The zero-order valence-electron chi connectivity index (χ0n) is 10.9. The Morgan fingerprint density at radius 1 is 1.44 bits per heavy atom. The van der Waals surface area contributed by atoms with Gasteiger partial charge in [0.25, 0.3) is 5.69 Å². The van der Waals surface area contributed by atoms with Gasteiger partial charge in [-0.2, -0.15) is 0 Å².